The van der Waals surface area contributed by atoms with Crippen molar-refractivity contribution in [1.29, 1.82) is 0 Å². The number of rotatable bonds is 11. The van der Waals surface area contributed by atoms with E-state index in [-0.39, 0.29) is 43.0 Å². The van der Waals surface area contributed by atoms with E-state index in [9.17, 15) is 14.4 Å². The van der Waals surface area contributed by atoms with Crippen molar-refractivity contribution in [2.75, 3.05) is 70.2 Å². The Morgan fingerprint density at radius 1 is 1.14 bits per heavy atom. The minimum absolute atomic E-state index is 0.00184. The van der Waals surface area contributed by atoms with Crippen molar-refractivity contribution in [3.8, 4) is 0 Å². The first-order chi connectivity index (χ1) is 17.3. The van der Waals surface area contributed by atoms with E-state index in [2.05, 4.69) is 39.1 Å². The van der Waals surface area contributed by atoms with Crippen LogP contribution in [0, 0.1) is 5.92 Å². The van der Waals surface area contributed by atoms with Gasteiger partial charge in [-0.3, -0.25) is 28.9 Å². The summed E-state index contributed by atoms with van der Waals surface area (Å²) in [4.78, 5) is 46.5. The molecule has 196 valence electrons. The molecule has 1 aromatic carbocycles. The summed E-state index contributed by atoms with van der Waals surface area (Å²) >= 11 is 0. The van der Waals surface area contributed by atoms with Gasteiger partial charge >= 0.3 is 5.69 Å². The Morgan fingerprint density at radius 3 is 2.44 bits per heavy atom. The maximum absolute atomic E-state index is 13.4. The molecule has 0 spiro atoms. The fourth-order valence-corrected chi connectivity index (χ4v) is 4.24. The van der Waals surface area contributed by atoms with Crippen molar-refractivity contribution < 1.29 is 9.53 Å². The van der Waals surface area contributed by atoms with Crippen molar-refractivity contribution in [2.45, 2.75) is 20.4 Å². The number of nitrogens with one attached hydrogen (secondary N) is 1. The van der Waals surface area contributed by atoms with Gasteiger partial charge < -0.3 is 15.4 Å². The van der Waals surface area contributed by atoms with Crippen LogP contribution in [0.25, 0.3) is 6.08 Å². The van der Waals surface area contributed by atoms with Gasteiger partial charge in [0.2, 0.25) is 5.91 Å². The number of aromatic nitrogens is 2. The normalized spacial score (nSPS) is 15.1. The zero-order chi connectivity index (χ0) is 26.1. The molecule has 0 atom stereocenters. The van der Waals surface area contributed by atoms with Crippen molar-refractivity contribution in [3.63, 3.8) is 0 Å². The van der Waals surface area contributed by atoms with E-state index in [1.54, 1.807) is 0 Å². The number of H-pyrrole nitrogens is 1. The topological polar surface area (TPSA) is 117 Å². The largest absolute Gasteiger partial charge is 0.383 e. The average molecular weight is 499 g/mol. The quantitative estimate of drug-likeness (QED) is 0.476. The molecule has 1 saturated heterocycles. The number of methoxy groups -OCH3 is 1. The van der Waals surface area contributed by atoms with Crippen LogP contribution in [0.15, 0.2) is 46.0 Å². The molecule has 10 heteroatoms. The maximum atomic E-state index is 13.4. The molecular formula is C26H38N6O4. The number of aromatic amines is 1. The van der Waals surface area contributed by atoms with Crippen LogP contribution in [0.1, 0.15) is 19.4 Å². The fraction of sp³-hybridized carbons (Fsp3) is 0.500. The summed E-state index contributed by atoms with van der Waals surface area (Å²) in [5.41, 5.74) is 6.19. The van der Waals surface area contributed by atoms with Gasteiger partial charge in [0.25, 0.3) is 5.56 Å². The highest BCUT2D eigenvalue weighted by atomic mass is 16.5. The number of hydrogen-bond donors (Lipinski definition) is 2. The third-order valence-corrected chi connectivity index (χ3v) is 6.15. The molecule has 36 heavy (non-hydrogen) atoms. The Bertz CT molecular complexity index is 1130. The molecule has 3 N–H and O–H groups in total. The predicted molar refractivity (Wildman–Crippen MR) is 143 cm³/mol. The molecule has 1 aliphatic rings. The molecule has 3 rings (SSSR count). The van der Waals surface area contributed by atoms with Gasteiger partial charge in [0, 0.05) is 52.9 Å². The highest BCUT2D eigenvalue weighted by Gasteiger charge is 2.27. The smallest absolute Gasteiger partial charge is 0.330 e. The van der Waals surface area contributed by atoms with E-state index >= 15 is 0 Å². The van der Waals surface area contributed by atoms with Gasteiger partial charge in [-0.2, -0.15) is 0 Å². The Morgan fingerprint density at radius 2 is 1.81 bits per heavy atom. The SMILES string of the molecule is COCCN(C(=O)CN1CCN(C/C=C/c2ccccc2)CC1)c1c(N)n(CC(C)C)c(=O)[nH]c1=O. The van der Waals surface area contributed by atoms with Crippen LogP contribution in [0.4, 0.5) is 11.5 Å². The lowest BCUT2D eigenvalue weighted by Gasteiger charge is -2.35. The summed E-state index contributed by atoms with van der Waals surface area (Å²) in [6, 6.07) is 10.2. The van der Waals surface area contributed by atoms with Gasteiger partial charge in [-0.25, -0.2) is 4.79 Å². The average Bonchev–Trinajstić information content (AvgIpc) is 2.85. The third-order valence-electron chi connectivity index (χ3n) is 6.15. The molecule has 0 aliphatic carbocycles. The molecule has 1 aromatic heterocycles. The minimum Gasteiger partial charge on any atom is -0.383 e. The number of ether oxygens (including phenoxy) is 1. The summed E-state index contributed by atoms with van der Waals surface area (Å²) in [6.45, 7) is 8.77. The minimum atomic E-state index is -0.669. The maximum Gasteiger partial charge on any atom is 0.330 e. The Kier molecular flexibility index (Phi) is 10.0. The van der Waals surface area contributed by atoms with Gasteiger partial charge in [0.05, 0.1) is 13.2 Å². The summed E-state index contributed by atoms with van der Waals surface area (Å²) in [6.07, 6.45) is 4.27. The molecule has 0 bridgehead atoms. The van der Waals surface area contributed by atoms with Crippen molar-refractivity contribution in [3.05, 3.63) is 62.8 Å². The van der Waals surface area contributed by atoms with E-state index in [0.29, 0.717) is 6.54 Å². The van der Waals surface area contributed by atoms with E-state index < -0.39 is 11.2 Å². The van der Waals surface area contributed by atoms with E-state index in [4.69, 9.17) is 10.5 Å². The molecule has 0 radical (unpaired) electrons. The highest BCUT2D eigenvalue weighted by molar-refractivity contribution is 5.96. The van der Waals surface area contributed by atoms with Crippen LogP contribution in [0.3, 0.4) is 0 Å². The number of carbonyl (C=O) groups is 1. The van der Waals surface area contributed by atoms with Crippen LogP contribution in [0.5, 0.6) is 0 Å². The number of nitrogens with zero attached hydrogens (tertiary/aromatic N) is 4. The van der Waals surface area contributed by atoms with Crippen molar-refractivity contribution >= 4 is 23.5 Å². The Balaban J connectivity index is 1.66. The lowest BCUT2D eigenvalue weighted by molar-refractivity contribution is -0.120. The van der Waals surface area contributed by atoms with Crippen LogP contribution in [-0.4, -0.2) is 84.8 Å². The van der Waals surface area contributed by atoms with Crippen molar-refractivity contribution in [1.82, 2.24) is 19.4 Å². The molecule has 10 nitrogen and oxygen atoms in total. The summed E-state index contributed by atoms with van der Waals surface area (Å²) in [5.74, 6) is -0.126. The standard InChI is InChI=1S/C26H38N6O4/c1-20(2)18-32-24(27)23(25(34)28-26(32)35)31(16-17-36-3)22(33)19-30-14-12-29(13-15-30)11-7-10-21-8-5-4-6-9-21/h4-10,20H,11-19,27H2,1-3H3,(H,28,34,35)/b10-7+. The number of piperazine rings is 1. The second-order valence-electron chi connectivity index (χ2n) is 9.43. The molecule has 2 heterocycles. The predicted octanol–water partition coefficient (Wildman–Crippen LogP) is 1.09. The Hall–Kier alpha value is -3.21. The van der Waals surface area contributed by atoms with Crippen LogP contribution in [-0.2, 0) is 16.1 Å². The number of nitrogen functional groups attached to an aromatic ring is 1. The number of anilines is 2. The summed E-state index contributed by atoms with van der Waals surface area (Å²) in [7, 11) is 1.53. The van der Waals surface area contributed by atoms with Crippen LogP contribution in [0.2, 0.25) is 0 Å². The zero-order valence-corrected chi connectivity index (χ0v) is 21.5. The molecule has 1 amide bonds. The molecular weight excluding hydrogens is 460 g/mol. The monoisotopic (exact) mass is 498 g/mol. The van der Waals surface area contributed by atoms with Gasteiger partial charge in [-0.1, -0.05) is 56.3 Å². The van der Waals surface area contributed by atoms with Gasteiger partial charge in [0.1, 0.15) is 5.82 Å². The van der Waals surface area contributed by atoms with E-state index in [1.807, 2.05) is 32.0 Å². The Labute approximate surface area is 211 Å². The molecule has 0 unspecified atom stereocenters. The lowest BCUT2D eigenvalue weighted by Crippen LogP contribution is -2.51. The zero-order valence-electron chi connectivity index (χ0n) is 21.5. The fourth-order valence-electron chi connectivity index (χ4n) is 4.24. The first-order valence-electron chi connectivity index (χ1n) is 12.4. The summed E-state index contributed by atoms with van der Waals surface area (Å²) < 4.78 is 6.49. The highest BCUT2D eigenvalue weighted by Crippen LogP contribution is 2.18. The number of nitrogens with two attached hydrogens (primary N) is 1. The molecule has 1 aliphatic heterocycles. The van der Waals surface area contributed by atoms with Gasteiger partial charge in [-0.15, -0.1) is 0 Å². The van der Waals surface area contributed by atoms with Crippen LogP contribution >= 0.6 is 0 Å². The van der Waals surface area contributed by atoms with E-state index in [1.165, 1.54) is 22.1 Å². The molecule has 0 saturated carbocycles. The number of benzene rings is 1. The second-order valence-corrected chi connectivity index (χ2v) is 9.43. The first kappa shape index (κ1) is 27.4. The summed E-state index contributed by atoms with van der Waals surface area (Å²) in [5, 5.41) is 0. The number of hydrogen-bond acceptors (Lipinski definition) is 7. The van der Waals surface area contributed by atoms with Gasteiger partial charge in [-0.05, 0) is 11.5 Å². The molecule has 2 aromatic rings. The first-order valence-corrected chi connectivity index (χ1v) is 12.4. The third kappa shape index (κ3) is 7.39. The second kappa shape index (κ2) is 13.2. The number of carbonyl (C=O) groups excluding carboxylic acids is 1. The molecule has 1 fully saturated rings. The lowest BCUT2D eigenvalue weighted by atomic mass is 10.2. The van der Waals surface area contributed by atoms with Crippen LogP contribution < -0.4 is 21.9 Å². The van der Waals surface area contributed by atoms with E-state index in [0.717, 1.165) is 32.7 Å². The van der Waals surface area contributed by atoms with Crippen molar-refractivity contribution in [2.24, 2.45) is 5.92 Å². The number of amides is 1. The van der Waals surface area contributed by atoms with Gasteiger partial charge in [0.15, 0.2) is 5.69 Å².